The monoisotopic (exact) mass is 254 g/mol. The topological polar surface area (TPSA) is 32.3 Å². The Morgan fingerprint density at radius 3 is 2.26 bits per heavy atom. The molecule has 19 heavy (non-hydrogen) atoms. The summed E-state index contributed by atoms with van der Waals surface area (Å²) in [6.45, 7) is 2.35. The molecule has 3 nitrogen and oxygen atoms in total. The van der Waals surface area contributed by atoms with Gasteiger partial charge in [0.2, 0.25) is 5.91 Å². The molecule has 0 bridgehead atoms. The summed E-state index contributed by atoms with van der Waals surface area (Å²) in [5.41, 5.74) is 3.23. The summed E-state index contributed by atoms with van der Waals surface area (Å²) in [5, 5.41) is 2.76. The molecule has 0 heterocycles. The van der Waals surface area contributed by atoms with Gasteiger partial charge in [0.25, 0.3) is 0 Å². The van der Waals surface area contributed by atoms with Gasteiger partial charge in [-0.3, -0.25) is 4.79 Å². The Balaban J connectivity index is 2.01. The van der Waals surface area contributed by atoms with Crippen LogP contribution in [0, 0.1) is 0 Å². The van der Waals surface area contributed by atoms with Gasteiger partial charge >= 0.3 is 0 Å². The van der Waals surface area contributed by atoms with E-state index in [0.717, 1.165) is 12.2 Å². The predicted molar refractivity (Wildman–Crippen MR) is 79.3 cm³/mol. The molecule has 98 valence electrons. The van der Waals surface area contributed by atoms with Crippen LogP contribution in [-0.2, 0) is 11.3 Å². The molecule has 2 rings (SSSR count). The second-order valence-electron chi connectivity index (χ2n) is 4.57. The van der Waals surface area contributed by atoms with Crippen LogP contribution in [0.4, 0.5) is 11.4 Å². The highest BCUT2D eigenvalue weighted by Gasteiger charge is 2.02. The smallest absolute Gasteiger partial charge is 0.221 e. The van der Waals surface area contributed by atoms with Crippen molar-refractivity contribution < 1.29 is 4.79 Å². The molecule has 0 aliphatic heterocycles. The van der Waals surface area contributed by atoms with Crippen molar-refractivity contribution in [3.05, 3.63) is 60.2 Å². The summed E-state index contributed by atoms with van der Waals surface area (Å²) < 4.78 is 0. The fourth-order valence-electron chi connectivity index (χ4n) is 1.94. The Bertz CT molecular complexity index is 534. The number of hydrogen-bond donors (Lipinski definition) is 1. The highest BCUT2D eigenvalue weighted by Crippen LogP contribution is 2.16. The Morgan fingerprint density at radius 2 is 1.68 bits per heavy atom. The highest BCUT2D eigenvalue weighted by molar-refractivity contribution is 5.88. The van der Waals surface area contributed by atoms with Gasteiger partial charge in [-0.1, -0.05) is 30.3 Å². The average Bonchev–Trinajstić information content (AvgIpc) is 2.41. The van der Waals surface area contributed by atoms with Crippen molar-refractivity contribution in [3.8, 4) is 0 Å². The second-order valence-corrected chi connectivity index (χ2v) is 4.57. The van der Waals surface area contributed by atoms with Crippen LogP contribution in [0.5, 0.6) is 0 Å². The van der Waals surface area contributed by atoms with Crippen LogP contribution >= 0.6 is 0 Å². The lowest BCUT2D eigenvalue weighted by Crippen LogP contribution is -2.16. The largest absolute Gasteiger partial charge is 0.370 e. The first-order valence-corrected chi connectivity index (χ1v) is 6.28. The van der Waals surface area contributed by atoms with E-state index in [1.54, 1.807) is 0 Å². The summed E-state index contributed by atoms with van der Waals surface area (Å²) >= 11 is 0. The van der Waals surface area contributed by atoms with Gasteiger partial charge in [-0.25, -0.2) is 0 Å². The summed E-state index contributed by atoms with van der Waals surface area (Å²) in [6, 6.07) is 18.2. The van der Waals surface area contributed by atoms with Crippen molar-refractivity contribution in [1.82, 2.24) is 0 Å². The lowest BCUT2D eigenvalue weighted by Gasteiger charge is -2.19. The Morgan fingerprint density at radius 1 is 1.05 bits per heavy atom. The molecule has 0 saturated carbocycles. The zero-order valence-corrected chi connectivity index (χ0v) is 11.3. The maximum absolute atomic E-state index is 10.9. The lowest BCUT2D eigenvalue weighted by molar-refractivity contribution is -0.114. The van der Waals surface area contributed by atoms with Gasteiger partial charge in [0.15, 0.2) is 0 Å². The lowest BCUT2D eigenvalue weighted by atomic mass is 10.2. The van der Waals surface area contributed by atoms with E-state index in [2.05, 4.69) is 29.4 Å². The molecule has 0 aliphatic carbocycles. The van der Waals surface area contributed by atoms with Crippen LogP contribution in [-0.4, -0.2) is 13.0 Å². The molecule has 1 N–H and O–H groups in total. The molecule has 0 radical (unpaired) electrons. The van der Waals surface area contributed by atoms with Crippen LogP contribution in [0.1, 0.15) is 12.5 Å². The minimum absolute atomic E-state index is 0.0471. The molecule has 1 amide bonds. The molecule has 0 fully saturated rings. The van der Waals surface area contributed by atoms with Crippen molar-refractivity contribution in [1.29, 1.82) is 0 Å². The van der Waals surface area contributed by atoms with Crippen molar-refractivity contribution in [3.63, 3.8) is 0 Å². The number of nitrogens with zero attached hydrogens (tertiary/aromatic N) is 1. The first kappa shape index (κ1) is 13.1. The predicted octanol–water partition coefficient (Wildman–Crippen LogP) is 3.28. The molecule has 0 aromatic heterocycles. The maximum Gasteiger partial charge on any atom is 0.221 e. The van der Waals surface area contributed by atoms with E-state index >= 15 is 0 Å². The molecule has 0 unspecified atom stereocenters. The molecule has 0 spiro atoms. The summed E-state index contributed by atoms with van der Waals surface area (Å²) in [5.74, 6) is -0.0471. The van der Waals surface area contributed by atoms with Gasteiger partial charge in [0.05, 0.1) is 0 Å². The fraction of sp³-hybridized carbons (Fsp3) is 0.188. The quantitative estimate of drug-likeness (QED) is 0.908. The van der Waals surface area contributed by atoms with Crippen LogP contribution in [0.3, 0.4) is 0 Å². The molecular formula is C16H18N2O. The number of carbonyl (C=O) groups is 1. The van der Waals surface area contributed by atoms with Crippen molar-refractivity contribution >= 4 is 17.3 Å². The van der Waals surface area contributed by atoms with Gasteiger partial charge in [-0.05, 0) is 29.8 Å². The summed E-state index contributed by atoms with van der Waals surface area (Å²) in [4.78, 5) is 13.1. The van der Waals surface area contributed by atoms with Gasteiger partial charge < -0.3 is 10.2 Å². The molecule has 0 aliphatic rings. The van der Waals surface area contributed by atoms with E-state index in [9.17, 15) is 4.79 Å². The maximum atomic E-state index is 10.9. The average molecular weight is 254 g/mol. The first-order valence-electron chi connectivity index (χ1n) is 6.28. The number of anilines is 2. The Hall–Kier alpha value is -2.29. The third-order valence-corrected chi connectivity index (χ3v) is 2.89. The van der Waals surface area contributed by atoms with Crippen LogP contribution in [0.2, 0.25) is 0 Å². The van der Waals surface area contributed by atoms with Crippen LogP contribution in [0.15, 0.2) is 54.6 Å². The van der Waals surface area contributed by atoms with E-state index in [1.807, 2.05) is 42.5 Å². The van der Waals surface area contributed by atoms with Crippen molar-refractivity contribution in [2.24, 2.45) is 0 Å². The van der Waals surface area contributed by atoms with Crippen LogP contribution < -0.4 is 10.2 Å². The molecule has 2 aromatic rings. The molecule has 0 atom stereocenters. The van der Waals surface area contributed by atoms with Gasteiger partial charge in [0, 0.05) is 31.9 Å². The highest BCUT2D eigenvalue weighted by atomic mass is 16.1. The van der Waals surface area contributed by atoms with Crippen LogP contribution in [0.25, 0.3) is 0 Å². The van der Waals surface area contributed by atoms with Gasteiger partial charge in [0.1, 0.15) is 0 Å². The number of para-hydroxylation sites is 1. The van der Waals surface area contributed by atoms with E-state index < -0.39 is 0 Å². The Labute approximate surface area is 113 Å². The van der Waals surface area contributed by atoms with Gasteiger partial charge in [-0.2, -0.15) is 0 Å². The Kier molecular flexibility index (Phi) is 4.18. The number of amides is 1. The summed E-state index contributed by atoms with van der Waals surface area (Å²) in [6.07, 6.45) is 0. The van der Waals surface area contributed by atoms with E-state index in [-0.39, 0.29) is 5.91 Å². The zero-order valence-electron chi connectivity index (χ0n) is 11.3. The van der Waals surface area contributed by atoms with E-state index in [1.165, 1.54) is 18.2 Å². The standard InChI is InChI=1S/C16H18N2O/c1-13(19)17-15-10-8-14(9-11-15)12-18(2)16-6-4-3-5-7-16/h3-11H,12H2,1-2H3,(H,17,19). The molecule has 3 heteroatoms. The number of carbonyl (C=O) groups excluding carboxylic acids is 1. The number of hydrogen-bond acceptors (Lipinski definition) is 2. The minimum atomic E-state index is -0.0471. The van der Waals surface area contributed by atoms with Crippen molar-refractivity contribution in [2.75, 3.05) is 17.3 Å². The van der Waals surface area contributed by atoms with Gasteiger partial charge in [-0.15, -0.1) is 0 Å². The van der Waals surface area contributed by atoms with E-state index in [4.69, 9.17) is 0 Å². The third-order valence-electron chi connectivity index (χ3n) is 2.89. The normalized spacial score (nSPS) is 10.0. The minimum Gasteiger partial charge on any atom is -0.370 e. The third kappa shape index (κ3) is 3.85. The molecular weight excluding hydrogens is 236 g/mol. The summed E-state index contributed by atoms with van der Waals surface area (Å²) in [7, 11) is 2.07. The number of nitrogens with one attached hydrogen (secondary N) is 1. The number of benzene rings is 2. The van der Waals surface area contributed by atoms with Crippen molar-refractivity contribution in [2.45, 2.75) is 13.5 Å². The second kappa shape index (κ2) is 6.05. The SMILES string of the molecule is CC(=O)Nc1ccc(CN(C)c2ccccc2)cc1. The first-order chi connectivity index (χ1) is 9.15. The van der Waals surface area contributed by atoms with E-state index in [0.29, 0.717) is 0 Å². The fourth-order valence-corrected chi connectivity index (χ4v) is 1.94. The molecule has 0 saturated heterocycles. The molecule has 2 aromatic carbocycles. The zero-order chi connectivity index (χ0) is 13.7. The number of rotatable bonds is 4.